The maximum Gasteiger partial charge on any atom is 0.420 e. The molecule has 0 bridgehead atoms. The summed E-state index contributed by atoms with van der Waals surface area (Å²) in [5.41, 5.74) is -1.84. The summed E-state index contributed by atoms with van der Waals surface area (Å²) in [5, 5.41) is 9.68. The van der Waals surface area contributed by atoms with E-state index in [4.69, 9.17) is 21.7 Å². The van der Waals surface area contributed by atoms with Crippen molar-refractivity contribution in [3.05, 3.63) is 23.0 Å². The lowest BCUT2D eigenvalue weighted by Gasteiger charge is -2.31. The number of imide groups is 1. The van der Waals surface area contributed by atoms with Crippen LogP contribution in [0.1, 0.15) is 41.5 Å². The van der Waals surface area contributed by atoms with Crippen LogP contribution >= 0.6 is 24.0 Å². The molecule has 0 aliphatic heterocycles. The smallest absolute Gasteiger partial charge is 0.420 e. The zero-order chi connectivity index (χ0) is 21.7. The van der Waals surface area contributed by atoms with Crippen LogP contribution in [0, 0.1) is 4.64 Å². The van der Waals surface area contributed by atoms with Crippen LogP contribution < -0.4 is 0 Å². The zero-order valence-electron chi connectivity index (χ0n) is 16.8. The normalized spacial score (nSPS) is 12.8. The van der Waals surface area contributed by atoms with Crippen molar-refractivity contribution in [1.29, 1.82) is 0 Å². The third kappa shape index (κ3) is 7.89. The summed E-state index contributed by atoms with van der Waals surface area (Å²) in [4.78, 5) is 41.1. The Balaban J connectivity index is 3.18. The Morgan fingerprint density at radius 2 is 1.64 bits per heavy atom. The van der Waals surface area contributed by atoms with E-state index in [0.29, 0.717) is 14.4 Å². The summed E-state index contributed by atoms with van der Waals surface area (Å²) in [6.07, 6.45) is -0.532. The van der Waals surface area contributed by atoms with Gasteiger partial charge < -0.3 is 19.6 Å². The van der Waals surface area contributed by atoms with Gasteiger partial charge in [-0.3, -0.25) is 0 Å². The van der Waals surface area contributed by atoms with Gasteiger partial charge in [0.15, 0.2) is 6.04 Å². The van der Waals surface area contributed by atoms with Gasteiger partial charge in [0, 0.05) is 16.8 Å². The Hall–Kier alpha value is -2.07. The lowest BCUT2D eigenvalue weighted by Crippen LogP contribution is -2.53. The molecular formula is C18H26N2O6S2. The van der Waals surface area contributed by atoms with E-state index in [1.807, 2.05) is 0 Å². The number of amides is 2. The number of aromatic amines is 1. The number of ether oxygens (including phenoxy) is 2. The van der Waals surface area contributed by atoms with Crippen LogP contribution in [-0.4, -0.2) is 56.1 Å². The Morgan fingerprint density at radius 1 is 1.14 bits per heavy atom. The van der Waals surface area contributed by atoms with E-state index in [0.717, 1.165) is 11.8 Å². The highest BCUT2D eigenvalue weighted by Crippen LogP contribution is 2.23. The van der Waals surface area contributed by atoms with E-state index >= 15 is 0 Å². The number of hydrogen-bond donors (Lipinski definition) is 2. The van der Waals surface area contributed by atoms with Crippen molar-refractivity contribution in [2.24, 2.45) is 0 Å². The van der Waals surface area contributed by atoms with E-state index in [9.17, 15) is 19.5 Å². The second kappa shape index (κ2) is 9.42. The number of carboxylic acid groups (broad SMARTS) is 1. The van der Waals surface area contributed by atoms with Gasteiger partial charge in [0.05, 0.1) is 0 Å². The topological polar surface area (TPSA) is 109 Å². The van der Waals surface area contributed by atoms with Crippen molar-refractivity contribution >= 4 is 42.1 Å². The molecule has 1 heterocycles. The lowest BCUT2D eigenvalue weighted by atomic mass is 10.2. The van der Waals surface area contributed by atoms with Crippen molar-refractivity contribution in [1.82, 2.24) is 9.88 Å². The highest BCUT2D eigenvalue weighted by molar-refractivity contribution is 7.99. The monoisotopic (exact) mass is 430 g/mol. The molecule has 10 heteroatoms. The third-order valence-electron chi connectivity index (χ3n) is 2.96. The van der Waals surface area contributed by atoms with Crippen LogP contribution in [0.5, 0.6) is 0 Å². The SMILES string of the molecule is CC(C)(C)OC(=O)N(C(=O)OC(C)(C)C)[C@@H](CSc1ccc[nH]c1=S)C(=O)O. The highest BCUT2D eigenvalue weighted by Gasteiger charge is 2.40. The molecule has 1 atom stereocenters. The minimum atomic E-state index is -1.51. The summed E-state index contributed by atoms with van der Waals surface area (Å²) < 4.78 is 10.9. The fourth-order valence-corrected chi connectivity index (χ4v) is 3.20. The van der Waals surface area contributed by atoms with Crippen LogP contribution in [0.4, 0.5) is 9.59 Å². The molecule has 1 aromatic rings. The summed E-state index contributed by atoms with van der Waals surface area (Å²) in [5.74, 6) is -1.50. The van der Waals surface area contributed by atoms with Gasteiger partial charge in [-0.2, -0.15) is 4.90 Å². The molecule has 1 aromatic heterocycles. The van der Waals surface area contributed by atoms with Gasteiger partial charge >= 0.3 is 18.2 Å². The Labute approximate surface area is 173 Å². The summed E-state index contributed by atoms with van der Waals surface area (Å²) in [7, 11) is 0. The molecule has 2 N–H and O–H groups in total. The van der Waals surface area contributed by atoms with Crippen LogP contribution in [0.3, 0.4) is 0 Å². The Kier molecular flexibility index (Phi) is 8.06. The number of rotatable bonds is 5. The van der Waals surface area contributed by atoms with Crippen LogP contribution in [0.15, 0.2) is 23.2 Å². The first-order valence-electron chi connectivity index (χ1n) is 8.50. The molecule has 1 rings (SSSR count). The summed E-state index contributed by atoms with van der Waals surface area (Å²) in [6.45, 7) is 9.70. The van der Waals surface area contributed by atoms with Crippen molar-refractivity contribution in [3.8, 4) is 0 Å². The molecule has 0 spiro atoms. The highest BCUT2D eigenvalue weighted by atomic mass is 32.2. The van der Waals surface area contributed by atoms with E-state index in [1.54, 1.807) is 59.9 Å². The van der Waals surface area contributed by atoms with Gasteiger partial charge in [-0.15, -0.1) is 11.8 Å². The number of thioether (sulfide) groups is 1. The second-order valence-corrected chi connectivity index (χ2v) is 9.33. The van der Waals surface area contributed by atoms with E-state index in [-0.39, 0.29) is 5.75 Å². The number of H-pyrrole nitrogens is 1. The number of carbonyl (C=O) groups is 3. The molecule has 156 valence electrons. The molecule has 0 aliphatic rings. The average molecular weight is 431 g/mol. The van der Waals surface area contributed by atoms with E-state index < -0.39 is 35.4 Å². The minimum absolute atomic E-state index is 0.130. The molecular weight excluding hydrogens is 404 g/mol. The number of carbonyl (C=O) groups excluding carboxylic acids is 2. The van der Waals surface area contributed by atoms with Gasteiger partial charge in [0.2, 0.25) is 0 Å². The molecule has 0 saturated heterocycles. The standard InChI is InChI=1S/C18H26N2O6S2/c1-17(2,3)25-15(23)20(16(24)26-18(4,5)6)11(14(21)22)10-28-12-8-7-9-19-13(12)27/h7-9,11H,10H2,1-6H3,(H,19,27)(H,21,22)/t11-/m0/s1. The van der Waals surface area contributed by atoms with E-state index in [2.05, 4.69) is 4.98 Å². The molecule has 0 aliphatic carbocycles. The first kappa shape index (κ1) is 24.0. The number of carboxylic acids is 1. The molecule has 0 radical (unpaired) electrons. The van der Waals surface area contributed by atoms with Crippen molar-refractivity contribution in [2.45, 2.75) is 63.7 Å². The number of pyridine rings is 1. The van der Waals surface area contributed by atoms with Crippen molar-refractivity contribution in [3.63, 3.8) is 0 Å². The molecule has 28 heavy (non-hydrogen) atoms. The molecule has 2 amide bonds. The van der Waals surface area contributed by atoms with Crippen molar-refractivity contribution < 1.29 is 29.0 Å². The van der Waals surface area contributed by atoms with Crippen LogP contribution in [-0.2, 0) is 14.3 Å². The fraction of sp³-hybridized carbons (Fsp3) is 0.556. The number of nitrogens with one attached hydrogen (secondary N) is 1. The average Bonchev–Trinajstić information content (AvgIpc) is 2.48. The van der Waals surface area contributed by atoms with Gasteiger partial charge in [-0.25, -0.2) is 14.4 Å². The zero-order valence-corrected chi connectivity index (χ0v) is 18.4. The molecule has 0 saturated carbocycles. The molecule has 8 nitrogen and oxygen atoms in total. The number of nitrogens with zero attached hydrogens (tertiary/aromatic N) is 1. The Morgan fingerprint density at radius 3 is 2.04 bits per heavy atom. The van der Waals surface area contributed by atoms with E-state index in [1.165, 1.54) is 0 Å². The molecule has 0 aromatic carbocycles. The number of aromatic nitrogens is 1. The maximum absolute atomic E-state index is 12.6. The lowest BCUT2D eigenvalue weighted by molar-refractivity contribution is -0.142. The predicted octanol–water partition coefficient (Wildman–Crippen LogP) is 4.46. The maximum atomic E-state index is 12.6. The van der Waals surface area contributed by atoms with Crippen molar-refractivity contribution in [2.75, 3.05) is 5.75 Å². The largest absolute Gasteiger partial charge is 0.480 e. The summed E-state index contributed by atoms with van der Waals surface area (Å²) >= 11 is 6.27. The van der Waals surface area contributed by atoms with Crippen LogP contribution in [0.25, 0.3) is 0 Å². The van der Waals surface area contributed by atoms with Gasteiger partial charge in [-0.05, 0) is 53.7 Å². The molecule has 0 unspecified atom stereocenters. The van der Waals surface area contributed by atoms with Crippen LogP contribution in [0.2, 0.25) is 0 Å². The first-order valence-corrected chi connectivity index (χ1v) is 9.89. The Bertz CT molecular complexity index is 751. The first-order chi connectivity index (χ1) is 12.7. The fourth-order valence-electron chi connectivity index (χ4n) is 1.90. The quantitative estimate of drug-likeness (QED) is 0.520. The number of hydrogen-bond acceptors (Lipinski definition) is 7. The second-order valence-electron chi connectivity index (χ2n) is 7.86. The predicted molar refractivity (Wildman–Crippen MR) is 108 cm³/mol. The van der Waals surface area contributed by atoms with Gasteiger partial charge in [0.25, 0.3) is 0 Å². The third-order valence-corrected chi connectivity index (χ3v) is 4.56. The van der Waals surface area contributed by atoms with Gasteiger partial charge in [0.1, 0.15) is 15.8 Å². The molecule has 0 fully saturated rings. The summed E-state index contributed by atoms with van der Waals surface area (Å²) in [6, 6.07) is 1.92. The van der Waals surface area contributed by atoms with Gasteiger partial charge in [-0.1, -0.05) is 12.2 Å². The number of aliphatic carboxylic acids is 1. The minimum Gasteiger partial charge on any atom is -0.480 e.